The van der Waals surface area contributed by atoms with Crippen molar-refractivity contribution < 1.29 is 14.3 Å². The minimum Gasteiger partial charge on any atom is -0.496 e. The Morgan fingerprint density at radius 2 is 1.73 bits per heavy atom. The van der Waals surface area contributed by atoms with Gasteiger partial charge in [0.1, 0.15) is 5.75 Å². The molecule has 0 saturated carbocycles. The van der Waals surface area contributed by atoms with Gasteiger partial charge in [-0.15, -0.1) is 0 Å². The highest BCUT2D eigenvalue weighted by molar-refractivity contribution is 5.99. The predicted molar refractivity (Wildman–Crippen MR) is 103 cm³/mol. The zero-order valence-electron chi connectivity index (χ0n) is 15.5. The molecule has 26 heavy (non-hydrogen) atoms. The van der Waals surface area contributed by atoms with Crippen molar-refractivity contribution in [2.45, 2.75) is 32.7 Å². The van der Waals surface area contributed by atoms with Crippen LogP contribution in [0.4, 0.5) is 0 Å². The van der Waals surface area contributed by atoms with Crippen molar-refractivity contribution in [3.63, 3.8) is 0 Å². The zero-order valence-corrected chi connectivity index (χ0v) is 15.5. The van der Waals surface area contributed by atoms with Gasteiger partial charge in [-0.2, -0.15) is 0 Å². The molecule has 1 unspecified atom stereocenters. The third-order valence-electron chi connectivity index (χ3n) is 4.25. The minimum atomic E-state index is -0.196. The summed E-state index contributed by atoms with van der Waals surface area (Å²) in [5.41, 5.74) is 2.00. The summed E-state index contributed by atoms with van der Waals surface area (Å²) in [5.74, 6) is 0.451. The summed E-state index contributed by atoms with van der Waals surface area (Å²) in [6.45, 7) is 4.45. The van der Waals surface area contributed by atoms with E-state index in [9.17, 15) is 9.59 Å². The van der Waals surface area contributed by atoms with Crippen LogP contribution in [0, 0.1) is 0 Å². The van der Waals surface area contributed by atoms with Crippen LogP contribution in [0.15, 0.2) is 48.5 Å². The highest BCUT2D eigenvalue weighted by Crippen LogP contribution is 2.17. The maximum absolute atomic E-state index is 12.4. The fraction of sp³-hybridized carbons (Fsp3) is 0.333. The topological polar surface area (TPSA) is 67.4 Å². The van der Waals surface area contributed by atoms with Gasteiger partial charge in [-0.3, -0.25) is 9.59 Å². The first kappa shape index (κ1) is 19.5. The Hall–Kier alpha value is -2.82. The summed E-state index contributed by atoms with van der Waals surface area (Å²) in [5, 5.41) is 5.80. The number of para-hydroxylation sites is 1. The molecule has 0 aliphatic carbocycles. The first-order valence-electron chi connectivity index (χ1n) is 8.86. The van der Waals surface area contributed by atoms with E-state index in [1.54, 1.807) is 31.4 Å². The molecule has 2 aromatic carbocycles. The second-order valence-electron chi connectivity index (χ2n) is 6.18. The third kappa shape index (κ3) is 5.34. The fourth-order valence-corrected chi connectivity index (χ4v) is 2.53. The molecule has 0 fully saturated rings. The normalized spacial score (nSPS) is 11.5. The molecule has 5 nitrogen and oxygen atoms in total. The summed E-state index contributed by atoms with van der Waals surface area (Å²) in [7, 11) is 1.63. The molecule has 2 aromatic rings. The highest BCUT2D eigenvalue weighted by Gasteiger charge is 2.12. The number of hydrogen-bond donors (Lipinski definition) is 2. The van der Waals surface area contributed by atoms with E-state index in [-0.39, 0.29) is 17.9 Å². The second kappa shape index (κ2) is 9.61. The van der Waals surface area contributed by atoms with E-state index in [0.717, 1.165) is 17.7 Å². The van der Waals surface area contributed by atoms with Gasteiger partial charge in [0.2, 0.25) is 0 Å². The molecular formula is C21H26N2O3. The lowest BCUT2D eigenvalue weighted by atomic mass is 10.1. The average Bonchev–Trinajstić information content (AvgIpc) is 2.68. The number of carbonyl (C=O) groups excluding carboxylic acids is 2. The molecule has 0 spiro atoms. The lowest BCUT2D eigenvalue weighted by molar-refractivity contribution is 0.0939. The monoisotopic (exact) mass is 354 g/mol. The fourth-order valence-electron chi connectivity index (χ4n) is 2.53. The summed E-state index contributed by atoms with van der Waals surface area (Å²) in [6.07, 6.45) is 1.53. The molecule has 0 aliphatic rings. The molecule has 0 saturated heterocycles. The van der Waals surface area contributed by atoms with Crippen LogP contribution in [0.5, 0.6) is 5.75 Å². The van der Waals surface area contributed by atoms with Crippen LogP contribution >= 0.6 is 0 Å². The molecule has 0 aliphatic heterocycles. The molecule has 2 amide bonds. The minimum absolute atomic E-state index is 0.0980. The highest BCUT2D eigenvalue weighted by atomic mass is 16.5. The van der Waals surface area contributed by atoms with E-state index in [2.05, 4.69) is 10.6 Å². The van der Waals surface area contributed by atoms with Crippen molar-refractivity contribution in [2.24, 2.45) is 0 Å². The van der Waals surface area contributed by atoms with E-state index in [1.807, 2.05) is 38.1 Å². The number of carbonyl (C=O) groups is 2. The molecule has 5 heteroatoms. The van der Waals surface area contributed by atoms with E-state index >= 15 is 0 Å². The van der Waals surface area contributed by atoms with Crippen LogP contribution in [-0.4, -0.2) is 31.5 Å². The average molecular weight is 354 g/mol. The van der Waals surface area contributed by atoms with Crippen LogP contribution in [0.25, 0.3) is 0 Å². The Labute approximate surface area is 154 Å². The summed E-state index contributed by atoms with van der Waals surface area (Å²) in [4.78, 5) is 24.6. The largest absolute Gasteiger partial charge is 0.496 e. The van der Waals surface area contributed by atoms with Gasteiger partial charge in [0, 0.05) is 23.7 Å². The quantitative estimate of drug-likeness (QED) is 0.765. The smallest absolute Gasteiger partial charge is 0.251 e. The zero-order chi connectivity index (χ0) is 18.9. The number of amides is 2. The number of benzene rings is 2. The Balaban J connectivity index is 1.95. The van der Waals surface area contributed by atoms with E-state index in [1.165, 1.54) is 0 Å². The Bertz CT molecular complexity index is 758. The molecule has 2 rings (SSSR count). The molecule has 0 bridgehead atoms. The number of methoxy groups -OCH3 is 1. The Kier molecular flexibility index (Phi) is 7.21. The van der Waals surface area contributed by atoms with E-state index in [0.29, 0.717) is 24.1 Å². The molecular weight excluding hydrogens is 328 g/mol. The van der Waals surface area contributed by atoms with E-state index < -0.39 is 0 Å². The maximum Gasteiger partial charge on any atom is 0.251 e. The van der Waals surface area contributed by atoms with Crippen LogP contribution in [0.3, 0.4) is 0 Å². The van der Waals surface area contributed by atoms with Gasteiger partial charge in [0.15, 0.2) is 0 Å². The SMILES string of the molecule is CCC(C)NC(=O)c1cccc(C(=O)NCCc2ccccc2OC)c1. The van der Waals surface area contributed by atoms with Gasteiger partial charge in [-0.05, 0) is 49.6 Å². The standard InChI is InChI=1S/C21H26N2O3/c1-4-15(2)23-21(25)18-10-7-9-17(14-18)20(24)22-13-12-16-8-5-6-11-19(16)26-3/h5-11,14-15H,4,12-13H2,1-3H3,(H,22,24)(H,23,25). The van der Waals surface area contributed by atoms with Gasteiger partial charge < -0.3 is 15.4 Å². The predicted octanol–water partition coefficient (Wildman–Crippen LogP) is 3.20. The summed E-state index contributed by atoms with van der Waals surface area (Å²) in [6, 6.07) is 14.6. The first-order chi connectivity index (χ1) is 12.5. The van der Waals surface area contributed by atoms with Crippen LogP contribution < -0.4 is 15.4 Å². The lowest BCUT2D eigenvalue weighted by Crippen LogP contribution is -2.32. The van der Waals surface area contributed by atoms with Crippen molar-refractivity contribution in [3.05, 3.63) is 65.2 Å². The first-order valence-corrected chi connectivity index (χ1v) is 8.86. The number of rotatable bonds is 8. The summed E-state index contributed by atoms with van der Waals surface area (Å²) >= 11 is 0. The van der Waals surface area contributed by atoms with Gasteiger partial charge in [0.25, 0.3) is 11.8 Å². The lowest BCUT2D eigenvalue weighted by Gasteiger charge is -2.12. The molecule has 1 atom stereocenters. The maximum atomic E-state index is 12.4. The Morgan fingerprint density at radius 3 is 2.42 bits per heavy atom. The molecule has 138 valence electrons. The van der Waals surface area contributed by atoms with Crippen molar-refractivity contribution in [2.75, 3.05) is 13.7 Å². The van der Waals surface area contributed by atoms with Crippen molar-refractivity contribution in [1.82, 2.24) is 10.6 Å². The third-order valence-corrected chi connectivity index (χ3v) is 4.25. The number of ether oxygens (including phenoxy) is 1. The van der Waals surface area contributed by atoms with Crippen molar-refractivity contribution in [3.8, 4) is 5.75 Å². The summed E-state index contributed by atoms with van der Waals surface area (Å²) < 4.78 is 5.31. The van der Waals surface area contributed by atoms with Crippen LogP contribution in [-0.2, 0) is 6.42 Å². The molecule has 2 N–H and O–H groups in total. The van der Waals surface area contributed by atoms with Crippen LogP contribution in [0.1, 0.15) is 46.5 Å². The number of nitrogens with one attached hydrogen (secondary N) is 2. The second-order valence-corrected chi connectivity index (χ2v) is 6.18. The van der Waals surface area contributed by atoms with Gasteiger partial charge >= 0.3 is 0 Å². The van der Waals surface area contributed by atoms with Gasteiger partial charge in [0.05, 0.1) is 7.11 Å². The molecule has 0 aromatic heterocycles. The van der Waals surface area contributed by atoms with E-state index in [4.69, 9.17) is 4.74 Å². The van der Waals surface area contributed by atoms with Crippen molar-refractivity contribution >= 4 is 11.8 Å². The van der Waals surface area contributed by atoms with Crippen molar-refractivity contribution in [1.29, 1.82) is 0 Å². The number of hydrogen-bond acceptors (Lipinski definition) is 3. The molecule has 0 heterocycles. The van der Waals surface area contributed by atoms with Gasteiger partial charge in [-0.1, -0.05) is 31.2 Å². The van der Waals surface area contributed by atoms with Gasteiger partial charge in [-0.25, -0.2) is 0 Å². The molecule has 0 radical (unpaired) electrons. The Morgan fingerprint density at radius 1 is 1.04 bits per heavy atom. The van der Waals surface area contributed by atoms with Crippen LogP contribution in [0.2, 0.25) is 0 Å².